The first-order chi connectivity index (χ1) is 13.7. The first kappa shape index (κ1) is 21.7. The molecule has 0 heterocycles. The van der Waals surface area contributed by atoms with Crippen LogP contribution >= 0.6 is 0 Å². The molecule has 4 aliphatic carbocycles. The van der Waals surface area contributed by atoms with Crippen molar-refractivity contribution < 1.29 is 5.11 Å². The highest BCUT2D eigenvalue weighted by atomic mass is 16.3. The fourth-order valence-corrected chi connectivity index (χ4v) is 8.55. The summed E-state index contributed by atoms with van der Waals surface area (Å²) in [5, 5.41) is 10.5. The van der Waals surface area contributed by atoms with Crippen molar-refractivity contribution in [3.63, 3.8) is 0 Å². The lowest BCUT2D eigenvalue weighted by molar-refractivity contribution is -0.0767. The Hall–Kier alpha value is -0.560. The monoisotopic (exact) mass is 398 g/mol. The molecule has 0 saturated heterocycles. The summed E-state index contributed by atoms with van der Waals surface area (Å²) in [6.07, 6.45) is 17.9. The molecular formula is C28H46O. The maximum Gasteiger partial charge on any atom is 0.0568 e. The second kappa shape index (κ2) is 7.85. The lowest BCUT2D eigenvalue weighted by Gasteiger charge is -2.59. The van der Waals surface area contributed by atoms with Gasteiger partial charge in [-0.1, -0.05) is 65.3 Å². The number of hydrogen-bond donors (Lipinski definition) is 1. The van der Waals surface area contributed by atoms with Crippen LogP contribution in [0.4, 0.5) is 0 Å². The summed E-state index contributed by atoms with van der Waals surface area (Å²) in [5.74, 6) is 5.04. The Morgan fingerprint density at radius 3 is 2.45 bits per heavy atom. The van der Waals surface area contributed by atoms with E-state index in [0.717, 1.165) is 30.1 Å². The number of aliphatic hydroxyl groups is 1. The van der Waals surface area contributed by atoms with E-state index in [1.807, 2.05) is 5.57 Å². The molecule has 0 aliphatic heterocycles. The van der Waals surface area contributed by atoms with Crippen LogP contribution in [0.15, 0.2) is 23.8 Å². The van der Waals surface area contributed by atoms with Crippen LogP contribution in [0.2, 0.25) is 0 Å². The predicted molar refractivity (Wildman–Crippen MR) is 124 cm³/mol. The maximum atomic E-state index is 10.5. The molecule has 4 rings (SSSR count). The number of rotatable bonds is 4. The van der Waals surface area contributed by atoms with Crippen molar-refractivity contribution in [3.05, 3.63) is 23.8 Å². The minimum atomic E-state index is -0.0776. The van der Waals surface area contributed by atoms with E-state index in [0.29, 0.717) is 28.6 Å². The molecule has 29 heavy (non-hydrogen) atoms. The third kappa shape index (κ3) is 3.48. The van der Waals surface area contributed by atoms with Crippen molar-refractivity contribution in [1.82, 2.24) is 0 Å². The summed E-state index contributed by atoms with van der Waals surface area (Å²) in [4.78, 5) is 0. The minimum absolute atomic E-state index is 0.0776. The van der Waals surface area contributed by atoms with Crippen LogP contribution < -0.4 is 0 Å². The molecular weight excluding hydrogens is 352 g/mol. The van der Waals surface area contributed by atoms with Crippen LogP contribution in [0.1, 0.15) is 92.9 Å². The fraction of sp³-hybridized carbons (Fsp3) is 0.857. The molecule has 0 aromatic heterocycles. The van der Waals surface area contributed by atoms with Gasteiger partial charge in [-0.3, -0.25) is 0 Å². The van der Waals surface area contributed by atoms with E-state index in [4.69, 9.17) is 0 Å². The molecule has 1 unspecified atom stereocenters. The van der Waals surface area contributed by atoms with Crippen LogP contribution in [-0.2, 0) is 0 Å². The molecule has 4 aliphatic rings. The largest absolute Gasteiger partial charge is 0.393 e. The van der Waals surface area contributed by atoms with Gasteiger partial charge in [-0.05, 0) is 104 Å². The number of hydrogen-bond acceptors (Lipinski definition) is 1. The van der Waals surface area contributed by atoms with Gasteiger partial charge >= 0.3 is 0 Å². The Balaban J connectivity index is 1.56. The molecule has 0 radical (unpaired) electrons. The van der Waals surface area contributed by atoms with Crippen molar-refractivity contribution in [2.24, 2.45) is 52.3 Å². The van der Waals surface area contributed by atoms with Gasteiger partial charge in [0.05, 0.1) is 6.10 Å². The Bertz CT molecular complexity index is 659. The zero-order valence-electron chi connectivity index (χ0n) is 20.0. The number of fused-ring (bicyclic) bond motifs is 5. The highest BCUT2D eigenvalue weighted by Crippen LogP contribution is 2.67. The van der Waals surface area contributed by atoms with Crippen LogP contribution in [0.5, 0.6) is 0 Å². The zero-order valence-corrected chi connectivity index (χ0v) is 20.0. The molecule has 3 saturated carbocycles. The van der Waals surface area contributed by atoms with Gasteiger partial charge in [-0.2, -0.15) is 0 Å². The summed E-state index contributed by atoms with van der Waals surface area (Å²) < 4.78 is 0. The SMILES string of the molecule is CC(C)CC=C[C@@H](C)[C@H]1CC[C@H]2C3=CC[C@H]4C(C)[C@@H](O)CC[C@]4(C)[C@H]3CC[C@]12C. The lowest BCUT2D eigenvalue weighted by atomic mass is 9.46. The Labute approximate surface area is 180 Å². The molecule has 0 spiro atoms. The van der Waals surface area contributed by atoms with Gasteiger partial charge in [0, 0.05) is 0 Å². The summed E-state index contributed by atoms with van der Waals surface area (Å²) >= 11 is 0. The van der Waals surface area contributed by atoms with E-state index in [9.17, 15) is 5.11 Å². The van der Waals surface area contributed by atoms with E-state index in [1.54, 1.807) is 0 Å². The minimum Gasteiger partial charge on any atom is -0.393 e. The van der Waals surface area contributed by atoms with Gasteiger partial charge in [0.25, 0.3) is 0 Å². The topological polar surface area (TPSA) is 20.2 Å². The van der Waals surface area contributed by atoms with E-state index in [-0.39, 0.29) is 6.10 Å². The molecule has 164 valence electrons. The average Bonchev–Trinajstić information content (AvgIpc) is 3.02. The highest BCUT2D eigenvalue weighted by Gasteiger charge is 2.58. The standard InChI is InChI=1S/C28H46O/c1-18(2)8-7-9-19(3)22-12-13-24-21-10-11-23-20(4)26(29)15-17-28(23,6)25(21)14-16-27(22,24)5/h7,9-10,18-20,22-26,29H,8,11-17H2,1-6H3/t19-,20?,22-,23+,24+,25+,26+,27-,28+/m1/s1. The van der Waals surface area contributed by atoms with Gasteiger partial charge in [-0.15, -0.1) is 0 Å². The number of aliphatic hydroxyl groups excluding tert-OH is 1. The summed E-state index contributed by atoms with van der Waals surface area (Å²) in [7, 11) is 0. The zero-order chi connectivity index (χ0) is 21.0. The van der Waals surface area contributed by atoms with Gasteiger partial charge in [-0.25, -0.2) is 0 Å². The summed E-state index contributed by atoms with van der Waals surface area (Å²) in [5.41, 5.74) is 2.76. The average molecular weight is 399 g/mol. The first-order valence-electron chi connectivity index (χ1n) is 12.7. The smallest absolute Gasteiger partial charge is 0.0568 e. The van der Waals surface area contributed by atoms with Crippen molar-refractivity contribution >= 4 is 0 Å². The molecule has 1 heteroatoms. The van der Waals surface area contributed by atoms with Crippen molar-refractivity contribution in [3.8, 4) is 0 Å². The van der Waals surface area contributed by atoms with Gasteiger partial charge in [0.2, 0.25) is 0 Å². The van der Waals surface area contributed by atoms with Crippen molar-refractivity contribution in [1.29, 1.82) is 0 Å². The second-order valence-corrected chi connectivity index (χ2v) is 12.3. The molecule has 1 nitrogen and oxygen atoms in total. The maximum absolute atomic E-state index is 10.5. The van der Waals surface area contributed by atoms with E-state index >= 15 is 0 Å². The quantitative estimate of drug-likeness (QED) is 0.489. The predicted octanol–water partition coefficient (Wildman–Crippen LogP) is 7.41. The van der Waals surface area contributed by atoms with E-state index < -0.39 is 0 Å². The van der Waals surface area contributed by atoms with E-state index in [1.165, 1.54) is 44.9 Å². The van der Waals surface area contributed by atoms with Gasteiger partial charge in [0.1, 0.15) is 0 Å². The fourth-order valence-electron chi connectivity index (χ4n) is 8.55. The van der Waals surface area contributed by atoms with Crippen LogP contribution in [0.25, 0.3) is 0 Å². The summed E-state index contributed by atoms with van der Waals surface area (Å²) in [6.45, 7) is 14.7. The Kier molecular flexibility index (Phi) is 5.86. The van der Waals surface area contributed by atoms with Gasteiger partial charge < -0.3 is 5.11 Å². The van der Waals surface area contributed by atoms with Crippen molar-refractivity contribution in [2.75, 3.05) is 0 Å². The Morgan fingerprint density at radius 2 is 1.72 bits per heavy atom. The van der Waals surface area contributed by atoms with Crippen LogP contribution in [-0.4, -0.2) is 11.2 Å². The lowest BCUT2D eigenvalue weighted by Crippen LogP contribution is -2.52. The number of allylic oxidation sites excluding steroid dienone is 4. The first-order valence-corrected chi connectivity index (χ1v) is 12.7. The van der Waals surface area contributed by atoms with E-state index in [2.05, 4.69) is 59.8 Å². The highest BCUT2D eigenvalue weighted by molar-refractivity contribution is 5.28. The molecule has 3 fully saturated rings. The molecule has 0 aromatic rings. The normalized spacial score (nSPS) is 48.2. The van der Waals surface area contributed by atoms with Crippen LogP contribution in [0.3, 0.4) is 0 Å². The molecule has 0 aromatic carbocycles. The van der Waals surface area contributed by atoms with Gasteiger partial charge in [0.15, 0.2) is 0 Å². The summed E-state index contributed by atoms with van der Waals surface area (Å²) in [6, 6.07) is 0. The Morgan fingerprint density at radius 1 is 1.03 bits per heavy atom. The van der Waals surface area contributed by atoms with Crippen molar-refractivity contribution in [2.45, 2.75) is 99.0 Å². The third-order valence-electron chi connectivity index (χ3n) is 10.3. The van der Waals surface area contributed by atoms with Crippen LogP contribution in [0, 0.1) is 52.3 Å². The molecule has 9 atom stereocenters. The second-order valence-electron chi connectivity index (χ2n) is 12.3. The third-order valence-corrected chi connectivity index (χ3v) is 10.3. The molecule has 0 amide bonds. The molecule has 0 bridgehead atoms. The molecule has 1 N–H and O–H groups in total.